The summed E-state index contributed by atoms with van der Waals surface area (Å²) >= 11 is 0. The summed E-state index contributed by atoms with van der Waals surface area (Å²) in [5.41, 5.74) is 0.620. The number of hydrogen-bond acceptors (Lipinski definition) is 1. The summed E-state index contributed by atoms with van der Waals surface area (Å²) in [6.45, 7) is 15.3. The number of hydrogen-bond donors (Lipinski definition) is 0. The topological polar surface area (TPSA) is 17.1 Å². The molecule has 74 valence electrons. The van der Waals surface area contributed by atoms with Gasteiger partial charge in [-0.15, -0.1) is 13.2 Å². The van der Waals surface area contributed by atoms with E-state index in [9.17, 15) is 4.79 Å². The van der Waals surface area contributed by atoms with Crippen LogP contribution in [0.25, 0.3) is 0 Å². The maximum Gasteiger partial charge on any atom is 0.140 e. The number of Topliss-reactive ketones (excluding diaryl/α,β-unsaturated/α-hetero) is 1. The summed E-state index contributed by atoms with van der Waals surface area (Å²) in [7, 11) is 0. The third-order valence-electron chi connectivity index (χ3n) is 2.64. The van der Waals surface area contributed by atoms with Crippen LogP contribution in [-0.4, -0.2) is 5.78 Å². The van der Waals surface area contributed by atoms with Crippen molar-refractivity contribution in [3.05, 3.63) is 24.8 Å². The van der Waals surface area contributed by atoms with Crippen LogP contribution in [0.15, 0.2) is 24.8 Å². The summed E-state index contributed by atoms with van der Waals surface area (Å²) in [6.07, 6.45) is 2.48. The van der Waals surface area contributed by atoms with Gasteiger partial charge in [0.15, 0.2) is 0 Å². The van der Waals surface area contributed by atoms with Crippen molar-refractivity contribution in [2.45, 2.75) is 34.1 Å². The van der Waals surface area contributed by atoms with E-state index in [1.807, 2.05) is 20.8 Å². The van der Waals surface area contributed by atoms with Gasteiger partial charge in [0.1, 0.15) is 5.78 Å². The van der Waals surface area contributed by atoms with Crippen LogP contribution in [0.5, 0.6) is 0 Å². The first-order valence-electron chi connectivity index (χ1n) is 4.66. The lowest BCUT2D eigenvalue weighted by Gasteiger charge is -2.32. The third-order valence-corrected chi connectivity index (χ3v) is 2.64. The molecule has 0 heterocycles. The summed E-state index contributed by atoms with van der Waals surface area (Å²) in [6, 6.07) is 0. The van der Waals surface area contributed by atoms with E-state index >= 15 is 0 Å². The fourth-order valence-corrected chi connectivity index (χ4v) is 1.69. The molecule has 0 saturated heterocycles. The lowest BCUT2D eigenvalue weighted by atomic mass is 9.70. The van der Waals surface area contributed by atoms with Crippen LogP contribution in [0.4, 0.5) is 0 Å². The molecule has 0 aromatic rings. The van der Waals surface area contributed by atoms with Crippen molar-refractivity contribution < 1.29 is 4.79 Å². The van der Waals surface area contributed by atoms with E-state index < -0.39 is 5.41 Å². The van der Waals surface area contributed by atoms with Crippen LogP contribution in [0, 0.1) is 11.3 Å². The van der Waals surface area contributed by atoms with Crippen molar-refractivity contribution in [1.29, 1.82) is 0 Å². The van der Waals surface area contributed by atoms with Gasteiger partial charge in [-0.2, -0.15) is 0 Å². The van der Waals surface area contributed by atoms with E-state index in [-0.39, 0.29) is 11.7 Å². The Morgan fingerprint density at radius 3 is 2.00 bits per heavy atom. The summed E-state index contributed by atoms with van der Waals surface area (Å²) in [5.74, 6) is 0.458. The number of carbonyl (C=O) groups is 1. The second kappa shape index (κ2) is 4.40. The monoisotopic (exact) mass is 180 g/mol. The zero-order valence-corrected chi connectivity index (χ0v) is 9.18. The molecule has 0 spiro atoms. The van der Waals surface area contributed by atoms with Gasteiger partial charge >= 0.3 is 0 Å². The molecule has 0 aliphatic carbocycles. The zero-order chi connectivity index (χ0) is 10.6. The Kier molecular flexibility index (Phi) is 4.12. The highest BCUT2D eigenvalue weighted by Crippen LogP contribution is 2.36. The van der Waals surface area contributed by atoms with Crippen LogP contribution in [0.2, 0.25) is 0 Å². The Hall–Kier alpha value is -0.850. The molecule has 13 heavy (non-hydrogen) atoms. The zero-order valence-electron chi connectivity index (χ0n) is 9.18. The molecule has 1 heteroatoms. The molecule has 0 radical (unpaired) electrons. The standard InChI is InChI=1S/C12H20O/c1-7-12(10(4)5,11(6)13)8-9(2)3/h7,10H,1-2,8H2,3-6H3. The molecular weight excluding hydrogens is 160 g/mol. The molecule has 0 bridgehead atoms. The average Bonchev–Trinajstić information content (AvgIpc) is 1.98. The summed E-state index contributed by atoms with van der Waals surface area (Å²) in [5, 5.41) is 0. The predicted octanol–water partition coefficient (Wildman–Crippen LogP) is 3.37. The minimum absolute atomic E-state index is 0.181. The van der Waals surface area contributed by atoms with Gasteiger partial charge in [-0.1, -0.05) is 25.5 Å². The van der Waals surface area contributed by atoms with E-state index in [1.54, 1.807) is 13.0 Å². The lowest BCUT2D eigenvalue weighted by molar-refractivity contribution is -0.126. The first-order valence-corrected chi connectivity index (χ1v) is 4.66. The molecule has 1 nitrogen and oxygen atoms in total. The molecular formula is C12H20O. The second-order valence-electron chi connectivity index (χ2n) is 4.09. The van der Waals surface area contributed by atoms with Crippen molar-refractivity contribution in [3.8, 4) is 0 Å². The van der Waals surface area contributed by atoms with Gasteiger partial charge in [-0.25, -0.2) is 0 Å². The van der Waals surface area contributed by atoms with Crippen molar-refractivity contribution in [2.24, 2.45) is 11.3 Å². The molecule has 0 amide bonds. The molecule has 0 aliphatic heterocycles. The van der Waals surface area contributed by atoms with E-state index in [2.05, 4.69) is 13.2 Å². The molecule has 0 fully saturated rings. The Morgan fingerprint density at radius 1 is 1.46 bits per heavy atom. The van der Waals surface area contributed by atoms with Gasteiger partial charge in [0.25, 0.3) is 0 Å². The second-order valence-corrected chi connectivity index (χ2v) is 4.09. The van der Waals surface area contributed by atoms with Crippen LogP contribution in [0.3, 0.4) is 0 Å². The molecule has 0 rings (SSSR count). The quantitative estimate of drug-likeness (QED) is 0.593. The SMILES string of the molecule is C=CC(CC(=C)C)(C(C)=O)C(C)C. The van der Waals surface area contributed by atoms with Crippen LogP contribution < -0.4 is 0 Å². The van der Waals surface area contributed by atoms with Crippen molar-refractivity contribution in [3.63, 3.8) is 0 Å². The van der Waals surface area contributed by atoms with E-state index in [4.69, 9.17) is 0 Å². The van der Waals surface area contributed by atoms with Gasteiger partial charge in [0, 0.05) is 0 Å². The van der Waals surface area contributed by atoms with Crippen LogP contribution in [-0.2, 0) is 4.79 Å². The molecule has 1 atom stereocenters. The first kappa shape index (κ1) is 12.2. The predicted molar refractivity (Wildman–Crippen MR) is 57.6 cm³/mol. The van der Waals surface area contributed by atoms with Crippen LogP contribution in [0.1, 0.15) is 34.1 Å². The first-order chi connectivity index (χ1) is 5.86. The van der Waals surface area contributed by atoms with Crippen molar-refractivity contribution in [2.75, 3.05) is 0 Å². The number of allylic oxidation sites excluding steroid dienone is 2. The van der Waals surface area contributed by atoms with Gasteiger partial charge in [0.05, 0.1) is 5.41 Å². The Morgan fingerprint density at radius 2 is 1.92 bits per heavy atom. The molecule has 0 saturated carbocycles. The number of ketones is 1. The number of carbonyl (C=O) groups excluding carboxylic acids is 1. The normalized spacial score (nSPS) is 15.2. The smallest absolute Gasteiger partial charge is 0.140 e. The highest BCUT2D eigenvalue weighted by molar-refractivity contribution is 5.84. The van der Waals surface area contributed by atoms with E-state index in [1.165, 1.54) is 0 Å². The molecule has 0 aliphatic rings. The Balaban J connectivity index is 4.98. The third kappa shape index (κ3) is 2.55. The Labute approximate surface area is 81.5 Å². The minimum atomic E-state index is -0.411. The number of rotatable bonds is 5. The van der Waals surface area contributed by atoms with Gasteiger partial charge < -0.3 is 0 Å². The van der Waals surface area contributed by atoms with E-state index in [0.29, 0.717) is 6.42 Å². The summed E-state index contributed by atoms with van der Waals surface area (Å²) < 4.78 is 0. The maximum atomic E-state index is 11.6. The molecule has 0 aromatic heterocycles. The van der Waals surface area contributed by atoms with Gasteiger partial charge in [0.2, 0.25) is 0 Å². The molecule has 1 unspecified atom stereocenters. The molecule has 0 aromatic carbocycles. The van der Waals surface area contributed by atoms with Gasteiger partial charge in [-0.05, 0) is 26.2 Å². The molecule has 0 N–H and O–H groups in total. The fourth-order valence-electron chi connectivity index (χ4n) is 1.69. The van der Waals surface area contributed by atoms with Gasteiger partial charge in [-0.3, -0.25) is 4.79 Å². The van der Waals surface area contributed by atoms with E-state index in [0.717, 1.165) is 5.57 Å². The Bertz CT molecular complexity index is 225. The highest BCUT2D eigenvalue weighted by Gasteiger charge is 2.35. The van der Waals surface area contributed by atoms with Crippen molar-refractivity contribution >= 4 is 5.78 Å². The maximum absolute atomic E-state index is 11.6. The minimum Gasteiger partial charge on any atom is -0.299 e. The van der Waals surface area contributed by atoms with Crippen molar-refractivity contribution in [1.82, 2.24) is 0 Å². The van der Waals surface area contributed by atoms with Crippen LogP contribution >= 0.6 is 0 Å². The average molecular weight is 180 g/mol. The fraction of sp³-hybridized carbons (Fsp3) is 0.583. The highest BCUT2D eigenvalue weighted by atomic mass is 16.1. The summed E-state index contributed by atoms with van der Waals surface area (Å²) in [4.78, 5) is 11.6. The lowest BCUT2D eigenvalue weighted by Crippen LogP contribution is -2.32. The largest absolute Gasteiger partial charge is 0.299 e.